The Kier molecular flexibility index (Phi) is 5.00. The maximum atomic E-state index is 8.92. The molecule has 104 valence electrons. The largest absolute Gasteiger partial charge is 0.342 e. The summed E-state index contributed by atoms with van der Waals surface area (Å²) >= 11 is 0. The average molecular weight is 260 g/mol. The number of aromatic nitrogens is 1. The summed E-state index contributed by atoms with van der Waals surface area (Å²) in [5, 5.41) is 12.4. The lowest BCUT2D eigenvalue weighted by Crippen LogP contribution is -2.42. The molecule has 4 nitrogen and oxygen atoms in total. The summed E-state index contributed by atoms with van der Waals surface area (Å²) in [5.74, 6) is 0. The van der Waals surface area contributed by atoms with Crippen molar-refractivity contribution < 1.29 is 0 Å². The second-order valence-electron chi connectivity index (χ2n) is 5.53. The van der Waals surface area contributed by atoms with Crippen molar-refractivity contribution in [2.75, 3.05) is 19.6 Å². The number of aryl methyl sites for hydroxylation is 1. The van der Waals surface area contributed by atoms with Crippen LogP contribution in [0.5, 0.6) is 0 Å². The average Bonchev–Trinajstić information content (AvgIpc) is 2.80. The number of nitriles is 1. The molecule has 0 spiro atoms. The zero-order chi connectivity index (χ0) is 13.7. The lowest BCUT2D eigenvalue weighted by atomic mass is 10.1. The van der Waals surface area contributed by atoms with E-state index in [2.05, 4.69) is 23.2 Å². The highest BCUT2D eigenvalue weighted by Crippen LogP contribution is 2.11. The van der Waals surface area contributed by atoms with Gasteiger partial charge in [-0.25, -0.2) is 0 Å². The molecule has 4 heteroatoms. The third-order valence-corrected chi connectivity index (χ3v) is 3.96. The van der Waals surface area contributed by atoms with Gasteiger partial charge < -0.3 is 9.88 Å². The third-order valence-electron chi connectivity index (χ3n) is 3.96. The number of rotatable bonds is 5. The summed E-state index contributed by atoms with van der Waals surface area (Å²) in [6.45, 7) is 6.63. The summed E-state index contributed by atoms with van der Waals surface area (Å²) in [7, 11) is 1.92. The van der Waals surface area contributed by atoms with Crippen molar-refractivity contribution in [1.29, 1.82) is 5.26 Å². The van der Waals surface area contributed by atoms with E-state index in [0.29, 0.717) is 6.04 Å². The van der Waals surface area contributed by atoms with Gasteiger partial charge in [0.05, 0.1) is 0 Å². The Bertz CT molecular complexity index is 437. The minimum Gasteiger partial charge on any atom is -0.342 e. The molecule has 0 saturated carbocycles. The first kappa shape index (κ1) is 14.1. The molecule has 0 radical (unpaired) electrons. The minimum atomic E-state index is 0.597. The van der Waals surface area contributed by atoms with Crippen molar-refractivity contribution in [2.24, 2.45) is 7.05 Å². The number of piperidine rings is 1. The lowest BCUT2D eigenvalue weighted by Gasteiger charge is -2.32. The van der Waals surface area contributed by atoms with Gasteiger partial charge in [-0.15, -0.1) is 0 Å². The Hall–Kier alpha value is -1.31. The van der Waals surface area contributed by atoms with E-state index in [1.165, 1.54) is 37.9 Å². The molecule has 1 aliphatic heterocycles. The van der Waals surface area contributed by atoms with E-state index in [-0.39, 0.29) is 0 Å². The molecule has 19 heavy (non-hydrogen) atoms. The predicted molar refractivity (Wildman–Crippen MR) is 76.7 cm³/mol. The Morgan fingerprint density at radius 2 is 2.11 bits per heavy atom. The molecule has 0 aromatic carbocycles. The number of hydrogen-bond acceptors (Lipinski definition) is 3. The molecular formula is C15H24N4. The molecule has 1 saturated heterocycles. The zero-order valence-electron chi connectivity index (χ0n) is 12.0. The van der Waals surface area contributed by atoms with Crippen LogP contribution < -0.4 is 5.32 Å². The maximum absolute atomic E-state index is 8.92. The maximum Gasteiger partial charge on any atom is 0.120 e. The Morgan fingerprint density at radius 3 is 2.74 bits per heavy atom. The fourth-order valence-electron chi connectivity index (χ4n) is 2.75. The second-order valence-corrected chi connectivity index (χ2v) is 5.53. The molecule has 0 aliphatic carbocycles. The summed E-state index contributed by atoms with van der Waals surface area (Å²) in [5.41, 5.74) is 1.91. The van der Waals surface area contributed by atoms with Gasteiger partial charge in [-0.3, -0.25) is 4.90 Å². The van der Waals surface area contributed by atoms with Crippen LogP contribution in [0, 0.1) is 11.3 Å². The second kappa shape index (κ2) is 6.74. The fraction of sp³-hybridized carbons (Fsp3) is 0.667. The summed E-state index contributed by atoms with van der Waals surface area (Å²) in [6.07, 6.45) is 6.10. The highest BCUT2D eigenvalue weighted by molar-refractivity contribution is 5.28. The van der Waals surface area contributed by atoms with E-state index < -0.39 is 0 Å². The van der Waals surface area contributed by atoms with Crippen LogP contribution in [0.4, 0.5) is 0 Å². The van der Waals surface area contributed by atoms with Gasteiger partial charge in [0, 0.05) is 32.4 Å². The van der Waals surface area contributed by atoms with Crippen LogP contribution in [0.1, 0.15) is 37.4 Å². The molecule has 2 rings (SSSR count). The molecule has 1 aromatic heterocycles. The number of hydrogen-bond donors (Lipinski definition) is 1. The van der Waals surface area contributed by atoms with Crippen molar-refractivity contribution in [3.05, 3.63) is 23.5 Å². The SMILES string of the molecule is CC(CNCc1cc(C#N)n(C)c1)N1CCCCC1. The first-order chi connectivity index (χ1) is 9.20. The summed E-state index contributed by atoms with van der Waals surface area (Å²) in [4.78, 5) is 2.57. The van der Waals surface area contributed by atoms with Crippen LogP contribution in [-0.2, 0) is 13.6 Å². The van der Waals surface area contributed by atoms with Crippen LogP contribution in [0.15, 0.2) is 12.3 Å². The number of nitrogens with one attached hydrogen (secondary N) is 1. The van der Waals surface area contributed by atoms with E-state index in [0.717, 1.165) is 18.8 Å². The number of nitrogens with zero attached hydrogens (tertiary/aromatic N) is 3. The van der Waals surface area contributed by atoms with Gasteiger partial charge in [0.1, 0.15) is 11.8 Å². The molecule has 1 unspecified atom stereocenters. The molecule has 1 aromatic rings. The number of likely N-dealkylation sites (tertiary alicyclic amines) is 1. The molecule has 1 fully saturated rings. The van der Waals surface area contributed by atoms with Gasteiger partial charge in [0.15, 0.2) is 0 Å². The molecule has 1 N–H and O–H groups in total. The molecule has 2 heterocycles. The quantitative estimate of drug-likeness (QED) is 0.879. The van der Waals surface area contributed by atoms with Crippen molar-refractivity contribution in [1.82, 2.24) is 14.8 Å². The lowest BCUT2D eigenvalue weighted by molar-refractivity contribution is 0.170. The van der Waals surface area contributed by atoms with E-state index >= 15 is 0 Å². The topological polar surface area (TPSA) is 44.0 Å². The van der Waals surface area contributed by atoms with Crippen LogP contribution in [0.3, 0.4) is 0 Å². The normalized spacial score (nSPS) is 18.2. The van der Waals surface area contributed by atoms with Crippen LogP contribution in [0.25, 0.3) is 0 Å². The van der Waals surface area contributed by atoms with Gasteiger partial charge in [0.2, 0.25) is 0 Å². The molecular weight excluding hydrogens is 236 g/mol. The van der Waals surface area contributed by atoms with Crippen molar-refractivity contribution in [2.45, 2.75) is 38.8 Å². The first-order valence-electron chi connectivity index (χ1n) is 7.21. The van der Waals surface area contributed by atoms with Crippen molar-refractivity contribution in [3.8, 4) is 6.07 Å². The van der Waals surface area contributed by atoms with Gasteiger partial charge in [-0.2, -0.15) is 5.26 Å². The zero-order valence-corrected chi connectivity index (χ0v) is 12.0. The molecule has 1 aliphatic rings. The smallest absolute Gasteiger partial charge is 0.120 e. The Morgan fingerprint density at radius 1 is 1.37 bits per heavy atom. The minimum absolute atomic E-state index is 0.597. The highest BCUT2D eigenvalue weighted by Gasteiger charge is 2.15. The van der Waals surface area contributed by atoms with Gasteiger partial charge in [-0.05, 0) is 44.5 Å². The van der Waals surface area contributed by atoms with Gasteiger partial charge in [0.25, 0.3) is 0 Å². The summed E-state index contributed by atoms with van der Waals surface area (Å²) < 4.78 is 1.88. The van der Waals surface area contributed by atoms with E-state index in [1.54, 1.807) is 0 Å². The van der Waals surface area contributed by atoms with Crippen LogP contribution in [0.2, 0.25) is 0 Å². The van der Waals surface area contributed by atoms with Crippen molar-refractivity contribution in [3.63, 3.8) is 0 Å². The summed E-state index contributed by atoms with van der Waals surface area (Å²) in [6, 6.07) is 4.75. The molecule has 0 amide bonds. The van der Waals surface area contributed by atoms with Gasteiger partial charge >= 0.3 is 0 Å². The van der Waals surface area contributed by atoms with Crippen LogP contribution in [-0.4, -0.2) is 35.1 Å². The fourth-order valence-corrected chi connectivity index (χ4v) is 2.75. The van der Waals surface area contributed by atoms with E-state index in [4.69, 9.17) is 5.26 Å². The molecule has 0 bridgehead atoms. The first-order valence-corrected chi connectivity index (χ1v) is 7.21. The van der Waals surface area contributed by atoms with Crippen molar-refractivity contribution >= 4 is 0 Å². The highest BCUT2D eigenvalue weighted by atomic mass is 15.2. The van der Waals surface area contributed by atoms with Gasteiger partial charge in [-0.1, -0.05) is 6.42 Å². The third kappa shape index (κ3) is 3.82. The molecule has 1 atom stereocenters. The predicted octanol–water partition coefficient (Wildman–Crippen LogP) is 1.86. The van der Waals surface area contributed by atoms with E-state index in [9.17, 15) is 0 Å². The Balaban J connectivity index is 1.74. The van der Waals surface area contributed by atoms with Crippen LogP contribution >= 0.6 is 0 Å². The Labute approximate surface area is 116 Å². The standard InChI is InChI=1S/C15H24N4/c1-13(19-6-4-3-5-7-19)10-17-11-14-8-15(9-16)18(2)12-14/h8,12-13,17H,3-7,10-11H2,1-2H3. The monoisotopic (exact) mass is 260 g/mol. The van der Waals surface area contributed by atoms with E-state index in [1.807, 2.05) is 23.9 Å².